The molecular formula is C17H25N3O2. The average Bonchev–Trinajstić information content (AvgIpc) is 3.05. The number of likely N-dealkylation sites (N-methyl/N-ethyl adjacent to an activating group) is 2. The Morgan fingerprint density at radius 3 is 2.95 bits per heavy atom. The van der Waals surface area contributed by atoms with Crippen LogP contribution in [-0.2, 0) is 4.79 Å². The number of benzene rings is 1. The van der Waals surface area contributed by atoms with Gasteiger partial charge in [-0.05, 0) is 44.5 Å². The van der Waals surface area contributed by atoms with E-state index in [1.165, 1.54) is 0 Å². The first-order valence-electron chi connectivity index (χ1n) is 7.97. The smallest absolute Gasteiger partial charge is 0.244 e. The van der Waals surface area contributed by atoms with Crippen LogP contribution in [0.5, 0.6) is 0 Å². The third kappa shape index (κ3) is 2.24. The van der Waals surface area contributed by atoms with Gasteiger partial charge in [0.2, 0.25) is 5.91 Å². The molecule has 1 saturated carbocycles. The minimum atomic E-state index is -0.676. The molecule has 3 N–H and O–H groups in total. The number of nitrogens with zero attached hydrogens (tertiary/aromatic N) is 1. The summed E-state index contributed by atoms with van der Waals surface area (Å²) in [5.41, 5.74) is 1.65. The molecule has 2 fully saturated rings. The maximum atomic E-state index is 12.9. The fraction of sp³-hybridized carbons (Fsp3) is 0.588. The Labute approximate surface area is 131 Å². The second kappa shape index (κ2) is 5.65. The topological polar surface area (TPSA) is 64.6 Å². The lowest BCUT2D eigenvalue weighted by atomic mass is 9.85. The van der Waals surface area contributed by atoms with Gasteiger partial charge in [0.25, 0.3) is 0 Å². The van der Waals surface area contributed by atoms with E-state index in [1.807, 2.05) is 38.2 Å². The van der Waals surface area contributed by atoms with Gasteiger partial charge < -0.3 is 15.3 Å². The molecule has 4 atom stereocenters. The molecule has 1 aliphatic heterocycles. The largest absolute Gasteiger partial charge is 0.377 e. The third-order valence-electron chi connectivity index (χ3n) is 5.45. The number of fused-ring (bicyclic) bond motifs is 1. The number of aliphatic hydroxyl groups is 1. The summed E-state index contributed by atoms with van der Waals surface area (Å²) >= 11 is 0. The zero-order chi connectivity index (χ0) is 15.9. The first kappa shape index (κ1) is 15.5. The second-order valence-corrected chi connectivity index (χ2v) is 6.57. The Kier molecular flexibility index (Phi) is 3.97. The molecule has 1 heterocycles. The van der Waals surface area contributed by atoms with Gasteiger partial charge in [0.05, 0.1) is 11.6 Å². The molecular weight excluding hydrogens is 278 g/mol. The van der Waals surface area contributed by atoms with E-state index in [9.17, 15) is 9.90 Å². The van der Waals surface area contributed by atoms with Gasteiger partial charge in [0.15, 0.2) is 0 Å². The van der Waals surface area contributed by atoms with Crippen molar-refractivity contribution in [3.05, 3.63) is 29.8 Å². The van der Waals surface area contributed by atoms with Crippen molar-refractivity contribution in [3.63, 3.8) is 0 Å². The third-order valence-corrected chi connectivity index (χ3v) is 5.45. The van der Waals surface area contributed by atoms with Crippen molar-refractivity contribution in [1.29, 1.82) is 0 Å². The maximum Gasteiger partial charge on any atom is 0.244 e. The van der Waals surface area contributed by atoms with Crippen molar-refractivity contribution in [2.45, 2.75) is 44.0 Å². The summed E-state index contributed by atoms with van der Waals surface area (Å²) in [6.07, 6.45) is 2.23. The SMILES string of the molecule is CN[C@@]12CCC[C@@H]1[C@@H](C(=O)N(C)c1cccc(C)c1)NC2O. The molecule has 1 aliphatic carbocycles. The van der Waals surface area contributed by atoms with E-state index < -0.39 is 6.23 Å². The van der Waals surface area contributed by atoms with Gasteiger partial charge in [-0.3, -0.25) is 10.1 Å². The summed E-state index contributed by atoms with van der Waals surface area (Å²) in [5, 5.41) is 16.8. The molecule has 0 aromatic heterocycles. The van der Waals surface area contributed by atoms with Gasteiger partial charge in [-0.2, -0.15) is 0 Å². The molecule has 5 heteroatoms. The summed E-state index contributed by atoms with van der Waals surface area (Å²) in [5.74, 6) is 0.154. The number of rotatable bonds is 3. The Hall–Kier alpha value is -1.43. The van der Waals surface area contributed by atoms with Crippen molar-refractivity contribution in [3.8, 4) is 0 Å². The van der Waals surface area contributed by atoms with Crippen LogP contribution in [0.15, 0.2) is 24.3 Å². The van der Waals surface area contributed by atoms with Crippen LogP contribution in [0.2, 0.25) is 0 Å². The lowest BCUT2D eigenvalue weighted by Crippen LogP contribution is -2.53. The van der Waals surface area contributed by atoms with Gasteiger partial charge in [0.1, 0.15) is 6.23 Å². The zero-order valence-electron chi connectivity index (χ0n) is 13.5. The van der Waals surface area contributed by atoms with Crippen molar-refractivity contribution in [2.24, 2.45) is 5.92 Å². The zero-order valence-corrected chi connectivity index (χ0v) is 13.5. The Bertz CT molecular complexity index is 577. The number of carbonyl (C=O) groups excluding carboxylic acids is 1. The van der Waals surface area contributed by atoms with Crippen molar-refractivity contribution >= 4 is 11.6 Å². The molecule has 0 bridgehead atoms. The molecule has 0 radical (unpaired) electrons. The van der Waals surface area contributed by atoms with E-state index in [1.54, 1.807) is 11.9 Å². The van der Waals surface area contributed by atoms with Crippen molar-refractivity contribution in [1.82, 2.24) is 10.6 Å². The summed E-state index contributed by atoms with van der Waals surface area (Å²) in [4.78, 5) is 14.6. The van der Waals surface area contributed by atoms with E-state index in [0.29, 0.717) is 0 Å². The first-order chi connectivity index (χ1) is 10.5. The minimum absolute atomic E-state index is 0.0219. The molecule has 1 amide bonds. The van der Waals surface area contributed by atoms with E-state index in [0.717, 1.165) is 30.5 Å². The van der Waals surface area contributed by atoms with Crippen LogP contribution < -0.4 is 15.5 Å². The second-order valence-electron chi connectivity index (χ2n) is 6.57. The number of nitrogens with one attached hydrogen (secondary N) is 2. The summed E-state index contributed by atoms with van der Waals surface area (Å²) in [7, 11) is 3.68. The highest BCUT2D eigenvalue weighted by atomic mass is 16.3. The van der Waals surface area contributed by atoms with Gasteiger partial charge in [-0.15, -0.1) is 0 Å². The van der Waals surface area contributed by atoms with E-state index in [4.69, 9.17) is 0 Å². The lowest BCUT2D eigenvalue weighted by Gasteiger charge is -2.32. The number of hydrogen-bond donors (Lipinski definition) is 3. The van der Waals surface area contributed by atoms with Crippen LogP contribution in [0, 0.1) is 12.8 Å². The number of amides is 1. The normalized spacial score (nSPS) is 33.7. The Morgan fingerprint density at radius 2 is 2.27 bits per heavy atom. The fourth-order valence-corrected chi connectivity index (χ4v) is 4.16. The lowest BCUT2D eigenvalue weighted by molar-refractivity contribution is -0.121. The number of hydrogen-bond acceptors (Lipinski definition) is 4. The van der Waals surface area contributed by atoms with Gasteiger partial charge in [-0.1, -0.05) is 18.6 Å². The van der Waals surface area contributed by atoms with E-state index in [-0.39, 0.29) is 23.4 Å². The molecule has 22 heavy (non-hydrogen) atoms. The van der Waals surface area contributed by atoms with Crippen LogP contribution in [0.4, 0.5) is 5.69 Å². The first-order valence-corrected chi connectivity index (χ1v) is 7.97. The summed E-state index contributed by atoms with van der Waals surface area (Å²) in [6.45, 7) is 2.02. The quantitative estimate of drug-likeness (QED) is 0.780. The highest BCUT2D eigenvalue weighted by Gasteiger charge is 2.58. The van der Waals surface area contributed by atoms with Crippen LogP contribution in [0.3, 0.4) is 0 Å². The van der Waals surface area contributed by atoms with Gasteiger partial charge >= 0.3 is 0 Å². The highest BCUT2D eigenvalue weighted by molar-refractivity contribution is 5.97. The molecule has 1 aromatic rings. The predicted molar refractivity (Wildman–Crippen MR) is 86.7 cm³/mol. The molecule has 5 nitrogen and oxygen atoms in total. The van der Waals surface area contributed by atoms with Crippen molar-refractivity contribution in [2.75, 3.05) is 19.0 Å². The standard InChI is InChI=1S/C17H25N3O2/c1-11-6-4-7-12(10-11)20(3)15(21)14-13-8-5-9-17(13,18-2)16(22)19-14/h4,6-7,10,13-14,16,18-19,22H,5,8-9H2,1-3H3/t13-,14+,16?,17+/m1/s1. The van der Waals surface area contributed by atoms with Crippen LogP contribution in [0.25, 0.3) is 0 Å². The van der Waals surface area contributed by atoms with Gasteiger partial charge in [-0.25, -0.2) is 0 Å². The molecule has 0 spiro atoms. The highest BCUT2D eigenvalue weighted by Crippen LogP contribution is 2.44. The number of aryl methyl sites for hydroxylation is 1. The van der Waals surface area contributed by atoms with E-state index in [2.05, 4.69) is 10.6 Å². The molecule has 1 unspecified atom stereocenters. The van der Waals surface area contributed by atoms with E-state index >= 15 is 0 Å². The minimum Gasteiger partial charge on any atom is -0.377 e. The molecule has 1 saturated heterocycles. The van der Waals surface area contributed by atoms with Crippen molar-refractivity contribution < 1.29 is 9.90 Å². The molecule has 1 aromatic carbocycles. The maximum absolute atomic E-state index is 12.9. The molecule has 120 valence electrons. The summed E-state index contributed by atoms with van der Waals surface area (Å²) < 4.78 is 0. The Morgan fingerprint density at radius 1 is 1.50 bits per heavy atom. The Balaban J connectivity index is 1.84. The van der Waals surface area contributed by atoms with Gasteiger partial charge in [0, 0.05) is 18.7 Å². The van der Waals surface area contributed by atoms with Crippen LogP contribution in [0.1, 0.15) is 24.8 Å². The summed E-state index contributed by atoms with van der Waals surface area (Å²) in [6, 6.07) is 7.58. The number of carbonyl (C=O) groups is 1. The monoisotopic (exact) mass is 303 g/mol. The fourth-order valence-electron chi connectivity index (χ4n) is 4.16. The average molecular weight is 303 g/mol. The molecule has 2 aliphatic rings. The number of aliphatic hydroxyl groups excluding tert-OH is 1. The van der Waals surface area contributed by atoms with Crippen LogP contribution in [-0.4, -0.2) is 42.9 Å². The number of anilines is 1. The predicted octanol–water partition coefficient (Wildman–Crippen LogP) is 1.01. The van der Waals surface area contributed by atoms with Crippen LogP contribution >= 0.6 is 0 Å². The molecule has 3 rings (SSSR count).